The standard InChI is InChI=1S/C24H31N3O2S/c1-15(24-12-16-8-17(13-24)10-18(9-16)14-24)25-22(28)19-2-3-20-21(11-19)30-23(26-20)27-4-6-29-7-5-27/h2-3,11,15-18H,4-10,12-14H2,1H3,(H,25,28)/t15-,16?,17?,18?,24?/m0/s1. The van der Waals surface area contributed by atoms with E-state index in [0.29, 0.717) is 5.41 Å². The molecule has 6 heteroatoms. The second-order valence-electron chi connectivity index (χ2n) is 10.3. The average Bonchev–Trinajstić information content (AvgIpc) is 3.17. The van der Waals surface area contributed by atoms with Crippen LogP contribution in [0.2, 0.25) is 0 Å². The lowest BCUT2D eigenvalue weighted by Gasteiger charge is -2.59. The second kappa shape index (κ2) is 7.20. The first-order chi connectivity index (χ1) is 14.6. The molecule has 4 aliphatic carbocycles. The van der Waals surface area contributed by atoms with E-state index in [0.717, 1.165) is 65.0 Å². The molecular formula is C24H31N3O2S. The Balaban J connectivity index is 1.19. The van der Waals surface area contributed by atoms with Crippen LogP contribution in [0.5, 0.6) is 0 Å². The van der Waals surface area contributed by atoms with Crippen LogP contribution in [0.4, 0.5) is 5.13 Å². The molecule has 1 aromatic carbocycles. The minimum absolute atomic E-state index is 0.0708. The summed E-state index contributed by atoms with van der Waals surface area (Å²) in [5, 5.41) is 4.44. The maximum Gasteiger partial charge on any atom is 0.251 e. The summed E-state index contributed by atoms with van der Waals surface area (Å²) in [5.74, 6) is 2.79. The first kappa shape index (κ1) is 19.1. The van der Waals surface area contributed by atoms with Gasteiger partial charge in [-0.05, 0) is 86.8 Å². The van der Waals surface area contributed by atoms with Gasteiger partial charge in [-0.1, -0.05) is 11.3 Å². The molecule has 1 atom stereocenters. The maximum atomic E-state index is 13.1. The van der Waals surface area contributed by atoms with Crippen molar-refractivity contribution in [3.05, 3.63) is 23.8 Å². The monoisotopic (exact) mass is 425 g/mol. The Hall–Kier alpha value is -1.66. The van der Waals surface area contributed by atoms with Crippen molar-refractivity contribution in [3.63, 3.8) is 0 Å². The minimum Gasteiger partial charge on any atom is -0.378 e. The van der Waals surface area contributed by atoms with Crippen molar-refractivity contribution >= 4 is 32.6 Å². The largest absolute Gasteiger partial charge is 0.378 e. The van der Waals surface area contributed by atoms with Crippen molar-refractivity contribution in [2.45, 2.75) is 51.5 Å². The van der Waals surface area contributed by atoms with E-state index in [1.807, 2.05) is 18.2 Å². The highest BCUT2D eigenvalue weighted by atomic mass is 32.1. The van der Waals surface area contributed by atoms with Crippen LogP contribution in [0.15, 0.2) is 18.2 Å². The van der Waals surface area contributed by atoms with Crippen molar-refractivity contribution in [1.82, 2.24) is 10.3 Å². The SMILES string of the molecule is C[C@H](NC(=O)c1ccc2nc(N3CCOCC3)sc2c1)C12CC3CC(CC(C3)C1)C2. The van der Waals surface area contributed by atoms with E-state index in [-0.39, 0.29) is 11.9 Å². The zero-order valence-electron chi connectivity index (χ0n) is 17.7. The number of amides is 1. The molecule has 0 spiro atoms. The summed E-state index contributed by atoms with van der Waals surface area (Å²) in [5.41, 5.74) is 2.08. The molecular weight excluding hydrogens is 394 g/mol. The van der Waals surface area contributed by atoms with Crippen LogP contribution in [0.1, 0.15) is 55.8 Å². The lowest BCUT2D eigenvalue weighted by molar-refractivity contribution is -0.0688. The summed E-state index contributed by atoms with van der Waals surface area (Å²) in [6.07, 6.45) is 8.26. The number of hydrogen-bond acceptors (Lipinski definition) is 5. The summed E-state index contributed by atoms with van der Waals surface area (Å²) in [7, 11) is 0. The molecule has 2 aromatic rings. The van der Waals surface area contributed by atoms with Crippen LogP contribution < -0.4 is 10.2 Å². The van der Waals surface area contributed by atoms with Gasteiger partial charge in [-0.2, -0.15) is 0 Å². The minimum atomic E-state index is 0.0708. The van der Waals surface area contributed by atoms with Crippen LogP contribution in [0.3, 0.4) is 0 Å². The lowest BCUT2D eigenvalue weighted by Crippen LogP contribution is -2.55. The number of carbonyl (C=O) groups is 1. The molecule has 1 N–H and O–H groups in total. The Morgan fingerprint density at radius 3 is 2.50 bits per heavy atom. The number of morpholine rings is 1. The number of fused-ring (bicyclic) bond motifs is 1. The van der Waals surface area contributed by atoms with Gasteiger partial charge in [0.05, 0.1) is 23.4 Å². The molecule has 5 aliphatic rings. The number of hydrogen-bond donors (Lipinski definition) is 1. The number of thiazole rings is 1. The third kappa shape index (κ3) is 3.23. The first-order valence-electron chi connectivity index (χ1n) is 11.6. The summed E-state index contributed by atoms with van der Waals surface area (Å²) in [6.45, 7) is 5.54. The van der Waals surface area contributed by atoms with E-state index >= 15 is 0 Å². The number of nitrogens with one attached hydrogen (secondary N) is 1. The Morgan fingerprint density at radius 2 is 1.83 bits per heavy atom. The zero-order valence-corrected chi connectivity index (χ0v) is 18.5. The van der Waals surface area contributed by atoms with E-state index < -0.39 is 0 Å². The van der Waals surface area contributed by atoms with Crippen molar-refractivity contribution in [2.24, 2.45) is 23.2 Å². The molecule has 1 amide bonds. The van der Waals surface area contributed by atoms with Crippen LogP contribution in [-0.4, -0.2) is 43.2 Å². The Bertz CT molecular complexity index is 929. The summed E-state index contributed by atoms with van der Waals surface area (Å²) >= 11 is 1.68. The van der Waals surface area contributed by atoms with Gasteiger partial charge >= 0.3 is 0 Å². The van der Waals surface area contributed by atoms with Crippen molar-refractivity contribution in [2.75, 3.05) is 31.2 Å². The number of rotatable bonds is 4. The summed E-state index contributed by atoms with van der Waals surface area (Å²) in [4.78, 5) is 20.2. The van der Waals surface area contributed by atoms with Crippen molar-refractivity contribution in [3.8, 4) is 0 Å². The highest BCUT2D eigenvalue weighted by Gasteiger charge is 2.53. The molecule has 30 heavy (non-hydrogen) atoms. The molecule has 1 aliphatic heterocycles. The van der Waals surface area contributed by atoms with Crippen LogP contribution in [0, 0.1) is 23.2 Å². The zero-order chi connectivity index (χ0) is 20.3. The molecule has 7 rings (SSSR count). The highest BCUT2D eigenvalue weighted by Crippen LogP contribution is 2.61. The Kier molecular flexibility index (Phi) is 4.57. The van der Waals surface area contributed by atoms with Crippen LogP contribution in [-0.2, 0) is 4.74 Å². The van der Waals surface area contributed by atoms with Gasteiger partial charge in [0.25, 0.3) is 5.91 Å². The molecule has 2 heterocycles. The lowest BCUT2D eigenvalue weighted by atomic mass is 9.48. The van der Waals surface area contributed by atoms with Gasteiger partial charge in [-0.3, -0.25) is 4.79 Å². The van der Waals surface area contributed by atoms with Gasteiger partial charge in [-0.15, -0.1) is 0 Å². The number of carbonyl (C=O) groups excluding carboxylic acids is 1. The molecule has 160 valence electrons. The van der Waals surface area contributed by atoms with Crippen LogP contribution >= 0.6 is 11.3 Å². The number of aromatic nitrogens is 1. The molecule has 0 unspecified atom stereocenters. The summed E-state index contributed by atoms with van der Waals surface area (Å²) in [6, 6.07) is 6.21. The normalized spacial score (nSPS) is 33.8. The topological polar surface area (TPSA) is 54.5 Å². The van der Waals surface area contributed by atoms with Gasteiger partial charge < -0.3 is 15.0 Å². The predicted octanol–water partition coefficient (Wildman–Crippen LogP) is 4.47. The van der Waals surface area contributed by atoms with Gasteiger partial charge in [0, 0.05) is 24.7 Å². The van der Waals surface area contributed by atoms with Gasteiger partial charge in [0.1, 0.15) is 0 Å². The van der Waals surface area contributed by atoms with E-state index in [4.69, 9.17) is 9.72 Å². The van der Waals surface area contributed by atoms with Gasteiger partial charge in [-0.25, -0.2) is 4.98 Å². The fourth-order valence-corrected chi connectivity index (χ4v) is 8.14. The molecule has 1 saturated heterocycles. The molecule has 0 radical (unpaired) electrons. The van der Waals surface area contributed by atoms with Crippen molar-refractivity contribution < 1.29 is 9.53 Å². The quantitative estimate of drug-likeness (QED) is 0.785. The predicted molar refractivity (Wildman–Crippen MR) is 120 cm³/mol. The maximum absolute atomic E-state index is 13.1. The second-order valence-corrected chi connectivity index (χ2v) is 11.3. The van der Waals surface area contributed by atoms with E-state index in [1.165, 1.54) is 38.5 Å². The summed E-state index contributed by atoms with van der Waals surface area (Å²) < 4.78 is 6.54. The number of benzene rings is 1. The van der Waals surface area contributed by atoms with Gasteiger partial charge in [0.15, 0.2) is 5.13 Å². The molecule has 4 saturated carbocycles. The fourth-order valence-electron chi connectivity index (χ4n) is 7.08. The highest BCUT2D eigenvalue weighted by molar-refractivity contribution is 7.22. The third-order valence-corrected chi connectivity index (χ3v) is 9.35. The van der Waals surface area contributed by atoms with Crippen LogP contribution in [0.25, 0.3) is 10.2 Å². The molecule has 5 nitrogen and oxygen atoms in total. The van der Waals surface area contributed by atoms with E-state index in [2.05, 4.69) is 17.1 Å². The smallest absolute Gasteiger partial charge is 0.251 e. The first-order valence-corrected chi connectivity index (χ1v) is 12.4. The van der Waals surface area contributed by atoms with Gasteiger partial charge in [0.2, 0.25) is 0 Å². The number of ether oxygens (including phenoxy) is 1. The van der Waals surface area contributed by atoms with E-state index in [1.54, 1.807) is 11.3 Å². The average molecular weight is 426 g/mol. The Labute approximate surface area is 182 Å². The van der Waals surface area contributed by atoms with Crippen molar-refractivity contribution in [1.29, 1.82) is 0 Å². The number of nitrogens with zero attached hydrogens (tertiary/aromatic N) is 2. The fraction of sp³-hybridized carbons (Fsp3) is 0.667. The molecule has 4 bridgehead atoms. The molecule has 1 aromatic heterocycles. The number of anilines is 1. The third-order valence-electron chi connectivity index (χ3n) is 8.27. The molecule has 5 fully saturated rings. The van der Waals surface area contributed by atoms with E-state index in [9.17, 15) is 4.79 Å². The Morgan fingerprint density at radius 1 is 1.17 bits per heavy atom.